The first kappa shape index (κ1) is 17.5. The summed E-state index contributed by atoms with van der Waals surface area (Å²) in [6.07, 6.45) is 3.17. The highest BCUT2D eigenvalue weighted by Crippen LogP contribution is 2.34. The number of rotatable bonds is 5. The van der Waals surface area contributed by atoms with Crippen molar-refractivity contribution in [1.29, 1.82) is 0 Å². The van der Waals surface area contributed by atoms with Crippen LogP contribution in [0, 0.1) is 0 Å². The van der Waals surface area contributed by atoms with E-state index < -0.39 is 0 Å². The molecule has 0 bridgehead atoms. The third-order valence-electron chi connectivity index (χ3n) is 5.99. The molecule has 140 valence electrons. The second-order valence-corrected chi connectivity index (χ2v) is 7.71. The molecule has 0 atom stereocenters. The number of benzene rings is 1. The van der Waals surface area contributed by atoms with Crippen LogP contribution in [-0.2, 0) is 20.0 Å². The normalized spacial score (nSPS) is 23.9. The lowest BCUT2D eigenvalue weighted by molar-refractivity contribution is 0.240. The minimum absolute atomic E-state index is 0.347. The topological polar surface area (TPSA) is 63.2 Å². The number of para-hydroxylation sites is 1. The number of hydrogen-bond acceptors (Lipinski definition) is 5. The van der Waals surface area contributed by atoms with Crippen molar-refractivity contribution in [2.24, 2.45) is 12.8 Å². The van der Waals surface area contributed by atoms with Crippen molar-refractivity contribution in [2.75, 3.05) is 31.1 Å². The van der Waals surface area contributed by atoms with Crippen LogP contribution in [0.15, 0.2) is 24.3 Å². The molecule has 2 N–H and O–H groups in total. The van der Waals surface area contributed by atoms with Crippen LogP contribution in [0.5, 0.6) is 0 Å². The van der Waals surface area contributed by atoms with Gasteiger partial charge in [-0.3, -0.25) is 4.90 Å². The summed E-state index contributed by atoms with van der Waals surface area (Å²) in [5.74, 6) is 2.68. The summed E-state index contributed by atoms with van der Waals surface area (Å²) >= 11 is 0. The number of aryl methyl sites for hydroxylation is 1. The minimum Gasteiger partial charge on any atom is -0.369 e. The molecule has 0 unspecified atom stereocenters. The Labute approximate surface area is 156 Å². The zero-order valence-electron chi connectivity index (χ0n) is 15.9. The summed E-state index contributed by atoms with van der Waals surface area (Å²) in [6, 6.07) is 9.13. The lowest BCUT2D eigenvalue weighted by Gasteiger charge is -2.36. The van der Waals surface area contributed by atoms with E-state index in [9.17, 15) is 0 Å². The molecule has 2 aliphatic rings. The van der Waals surface area contributed by atoms with Crippen LogP contribution >= 0.6 is 0 Å². The summed E-state index contributed by atoms with van der Waals surface area (Å²) < 4.78 is 2.19. The number of nitrogens with zero attached hydrogens (tertiary/aromatic N) is 5. The fourth-order valence-electron chi connectivity index (χ4n) is 4.21. The van der Waals surface area contributed by atoms with Gasteiger partial charge in [0.2, 0.25) is 0 Å². The zero-order valence-corrected chi connectivity index (χ0v) is 15.9. The molecule has 1 aromatic heterocycles. The summed E-state index contributed by atoms with van der Waals surface area (Å²) in [6.45, 7) is 7.38. The summed E-state index contributed by atoms with van der Waals surface area (Å²) in [5, 5.41) is 8.90. The Balaban J connectivity index is 1.36. The third-order valence-corrected chi connectivity index (χ3v) is 5.99. The summed E-state index contributed by atoms with van der Waals surface area (Å²) in [4.78, 5) is 5.01. The smallest absolute Gasteiger partial charge is 0.146 e. The van der Waals surface area contributed by atoms with Gasteiger partial charge in [0.05, 0.1) is 6.54 Å². The number of anilines is 1. The SMILES string of the molecule is CCc1ccccc1N1CCN(Cc2nnc(C3CC(N)C3)n2C)CC1. The fourth-order valence-corrected chi connectivity index (χ4v) is 4.21. The van der Waals surface area contributed by atoms with Gasteiger partial charge in [-0.2, -0.15) is 0 Å². The Bertz CT molecular complexity index is 741. The molecule has 0 spiro atoms. The molecule has 26 heavy (non-hydrogen) atoms. The molecule has 2 aromatic rings. The van der Waals surface area contributed by atoms with Crippen LogP contribution in [0.1, 0.15) is 42.9 Å². The van der Waals surface area contributed by atoms with Crippen LogP contribution in [0.2, 0.25) is 0 Å². The second kappa shape index (κ2) is 7.37. The molecule has 0 radical (unpaired) electrons. The number of hydrogen-bond donors (Lipinski definition) is 1. The van der Waals surface area contributed by atoms with Gasteiger partial charge in [0.1, 0.15) is 11.6 Å². The van der Waals surface area contributed by atoms with E-state index in [1.54, 1.807) is 0 Å². The number of piperazine rings is 1. The minimum atomic E-state index is 0.347. The van der Waals surface area contributed by atoms with Gasteiger partial charge in [-0.15, -0.1) is 10.2 Å². The highest BCUT2D eigenvalue weighted by atomic mass is 15.3. The molecule has 2 fully saturated rings. The van der Waals surface area contributed by atoms with Gasteiger partial charge in [-0.1, -0.05) is 25.1 Å². The Morgan fingerprint density at radius 1 is 1.08 bits per heavy atom. The van der Waals surface area contributed by atoms with E-state index in [0.717, 1.165) is 63.6 Å². The summed E-state index contributed by atoms with van der Waals surface area (Å²) in [5.41, 5.74) is 8.77. The molecular formula is C20H30N6. The van der Waals surface area contributed by atoms with Gasteiger partial charge in [0.25, 0.3) is 0 Å². The van der Waals surface area contributed by atoms with E-state index in [4.69, 9.17) is 5.73 Å². The molecule has 1 aliphatic heterocycles. The molecule has 1 saturated carbocycles. The predicted octanol–water partition coefficient (Wildman–Crippen LogP) is 1.90. The number of aromatic nitrogens is 3. The maximum absolute atomic E-state index is 5.92. The maximum atomic E-state index is 5.92. The van der Waals surface area contributed by atoms with Crippen LogP contribution in [-0.4, -0.2) is 51.9 Å². The van der Waals surface area contributed by atoms with Gasteiger partial charge >= 0.3 is 0 Å². The van der Waals surface area contributed by atoms with Crippen LogP contribution < -0.4 is 10.6 Å². The Hall–Kier alpha value is -1.92. The van der Waals surface area contributed by atoms with Crippen LogP contribution in [0.25, 0.3) is 0 Å². The van der Waals surface area contributed by atoms with E-state index in [-0.39, 0.29) is 0 Å². The molecule has 1 aliphatic carbocycles. The quantitative estimate of drug-likeness (QED) is 0.889. The van der Waals surface area contributed by atoms with E-state index in [1.165, 1.54) is 11.3 Å². The second-order valence-electron chi connectivity index (χ2n) is 7.71. The zero-order chi connectivity index (χ0) is 18.1. The van der Waals surface area contributed by atoms with Crippen LogP contribution in [0.4, 0.5) is 5.69 Å². The first-order chi connectivity index (χ1) is 12.7. The van der Waals surface area contributed by atoms with Crippen molar-refractivity contribution < 1.29 is 0 Å². The van der Waals surface area contributed by atoms with Gasteiger partial charge in [0, 0.05) is 50.9 Å². The average Bonchev–Trinajstić information content (AvgIpc) is 3.00. The van der Waals surface area contributed by atoms with Crippen molar-refractivity contribution >= 4 is 5.69 Å². The predicted molar refractivity (Wildman–Crippen MR) is 104 cm³/mol. The third kappa shape index (κ3) is 3.35. The Morgan fingerprint density at radius 3 is 2.50 bits per heavy atom. The van der Waals surface area contributed by atoms with Crippen molar-refractivity contribution in [1.82, 2.24) is 19.7 Å². The van der Waals surface area contributed by atoms with Crippen LogP contribution in [0.3, 0.4) is 0 Å². The monoisotopic (exact) mass is 354 g/mol. The van der Waals surface area contributed by atoms with Crippen molar-refractivity contribution in [3.8, 4) is 0 Å². The van der Waals surface area contributed by atoms with E-state index >= 15 is 0 Å². The molecular weight excluding hydrogens is 324 g/mol. The van der Waals surface area contributed by atoms with Gasteiger partial charge in [0.15, 0.2) is 0 Å². The number of nitrogens with two attached hydrogens (primary N) is 1. The van der Waals surface area contributed by atoms with Crippen molar-refractivity contribution in [3.05, 3.63) is 41.5 Å². The molecule has 0 amide bonds. The standard InChI is InChI=1S/C20H30N6/c1-3-15-6-4-5-7-18(15)26-10-8-25(9-11-26)14-19-22-23-20(24(19)2)16-12-17(21)13-16/h4-7,16-17H,3,8-14,21H2,1-2H3. The molecule has 4 rings (SSSR count). The average molecular weight is 355 g/mol. The highest BCUT2D eigenvalue weighted by molar-refractivity contribution is 5.54. The molecule has 6 nitrogen and oxygen atoms in total. The van der Waals surface area contributed by atoms with E-state index in [1.807, 2.05) is 0 Å². The van der Waals surface area contributed by atoms with E-state index in [2.05, 4.69) is 62.8 Å². The first-order valence-corrected chi connectivity index (χ1v) is 9.84. The van der Waals surface area contributed by atoms with Gasteiger partial charge < -0.3 is 15.2 Å². The van der Waals surface area contributed by atoms with Crippen molar-refractivity contribution in [3.63, 3.8) is 0 Å². The Kier molecular flexibility index (Phi) is 4.96. The van der Waals surface area contributed by atoms with Gasteiger partial charge in [-0.25, -0.2) is 0 Å². The maximum Gasteiger partial charge on any atom is 0.146 e. The van der Waals surface area contributed by atoms with E-state index in [0.29, 0.717) is 12.0 Å². The first-order valence-electron chi connectivity index (χ1n) is 9.84. The molecule has 1 aromatic carbocycles. The largest absolute Gasteiger partial charge is 0.369 e. The van der Waals surface area contributed by atoms with Gasteiger partial charge in [-0.05, 0) is 30.9 Å². The molecule has 2 heterocycles. The summed E-state index contributed by atoms with van der Waals surface area (Å²) in [7, 11) is 2.10. The lowest BCUT2D eigenvalue weighted by atomic mass is 9.80. The lowest BCUT2D eigenvalue weighted by Crippen LogP contribution is -2.46. The van der Waals surface area contributed by atoms with Crippen molar-refractivity contribution in [2.45, 2.75) is 44.7 Å². The fraction of sp³-hybridized carbons (Fsp3) is 0.600. The Morgan fingerprint density at radius 2 is 1.81 bits per heavy atom. The molecule has 1 saturated heterocycles. The molecule has 6 heteroatoms. The highest BCUT2D eigenvalue weighted by Gasteiger charge is 2.31.